The molecule has 3 nitrogen and oxygen atoms in total. The van der Waals surface area contributed by atoms with E-state index in [4.69, 9.17) is 0 Å². The molecule has 0 aromatic carbocycles. The van der Waals surface area contributed by atoms with Crippen molar-refractivity contribution < 1.29 is 0 Å². The van der Waals surface area contributed by atoms with Gasteiger partial charge in [-0.15, -0.1) is 0 Å². The van der Waals surface area contributed by atoms with E-state index in [1.807, 2.05) is 0 Å². The van der Waals surface area contributed by atoms with Crippen molar-refractivity contribution in [3.8, 4) is 0 Å². The number of hydrogen-bond acceptors (Lipinski definition) is 2. The third-order valence-electron chi connectivity index (χ3n) is 4.26. The van der Waals surface area contributed by atoms with Crippen LogP contribution in [0, 0.1) is 12.8 Å². The van der Waals surface area contributed by atoms with Crippen LogP contribution in [0.5, 0.6) is 0 Å². The molecule has 0 radical (unpaired) electrons. The number of aryl methyl sites for hydroxylation is 1. The van der Waals surface area contributed by atoms with E-state index in [1.54, 1.807) is 0 Å². The molecule has 3 rings (SSSR count). The molecule has 0 amide bonds. The zero-order valence-corrected chi connectivity index (χ0v) is 10.9. The second-order valence-corrected chi connectivity index (χ2v) is 5.82. The van der Waals surface area contributed by atoms with Crippen molar-refractivity contribution in [3.63, 3.8) is 0 Å². The summed E-state index contributed by atoms with van der Waals surface area (Å²) in [6.07, 6.45) is 10.4. The summed E-state index contributed by atoms with van der Waals surface area (Å²) in [6, 6.07) is 1.28. The van der Waals surface area contributed by atoms with Crippen LogP contribution in [-0.2, 0) is 0 Å². The molecule has 2 aliphatic rings. The van der Waals surface area contributed by atoms with Gasteiger partial charge in [-0.3, -0.25) is 0 Å². The Morgan fingerprint density at radius 2 is 2.00 bits per heavy atom. The highest BCUT2D eigenvalue weighted by Crippen LogP contribution is 2.38. The average Bonchev–Trinajstić information content (AvgIpc) is 2.86. The first kappa shape index (κ1) is 11.1. The molecule has 3 heteroatoms. The van der Waals surface area contributed by atoms with Gasteiger partial charge in [-0.1, -0.05) is 12.8 Å². The van der Waals surface area contributed by atoms with Gasteiger partial charge < -0.3 is 9.88 Å². The Hall–Kier alpha value is -0.990. The largest absolute Gasteiger partial charge is 0.353 e. The fourth-order valence-electron chi connectivity index (χ4n) is 3.03. The van der Waals surface area contributed by atoms with Gasteiger partial charge in [0.25, 0.3) is 0 Å². The Labute approximate surface area is 104 Å². The number of anilines is 1. The van der Waals surface area contributed by atoms with E-state index in [-0.39, 0.29) is 0 Å². The van der Waals surface area contributed by atoms with E-state index in [0.29, 0.717) is 6.04 Å². The minimum atomic E-state index is 0.566. The molecule has 0 spiro atoms. The number of hydrogen-bond donors (Lipinski definition) is 1. The molecular weight excluding hydrogens is 210 g/mol. The summed E-state index contributed by atoms with van der Waals surface area (Å²) < 4.78 is 2.35. The monoisotopic (exact) mass is 233 g/mol. The first-order valence-electron chi connectivity index (χ1n) is 7.06. The molecule has 1 atom stereocenters. The molecule has 1 aromatic heterocycles. The van der Waals surface area contributed by atoms with E-state index in [0.717, 1.165) is 23.6 Å². The molecular formula is C14H23N3. The number of aromatic nitrogens is 2. The predicted octanol–water partition coefficient (Wildman–Crippen LogP) is 3.52. The molecule has 1 N–H and O–H groups in total. The van der Waals surface area contributed by atoms with Crippen LogP contribution in [0.4, 0.5) is 5.95 Å². The molecule has 2 saturated carbocycles. The summed E-state index contributed by atoms with van der Waals surface area (Å²) >= 11 is 0. The lowest BCUT2D eigenvalue weighted by Gasteiger charge is -2.21. The molecule has 0 saturated heterocycles. The molecule has 2 fully saturated rings. The van der Waals surface area contributed by atoms with Crippen LogP contribution in [0.1, 0.15) is 57.2 Å². The zero-order valence-electron chi connectivity index (χ0n) is 10.9. The van der Waals surface area contributed by atoms with Crippen molar-refractivity contribution in [3.05, 3.63) is 11.9 Å². The minimum Gasteiger partial charge on any atom is -0.353 e. The fraction of sp³-hybridized carbons (Fsp3) is 0.786. The summed E-state index contributed by atoms with van der Waals surface area (Å²) in [5.41, 5.74) is 1.14. The van der Waals surface area contributed by atoms with Crippen LogP contribution in [-0.4, -0.2) is 15.6 Å². The van der Waals surface area contributed by atoms with Gasteiger partial charge in [0, 0.05) is 18.3 Å². The van der Waals surface area contributed by atoms with Crippen LogP contribution in [0.3, 0.4) is 0 Å². The van der Waals surface area contributed by atoms with Gasteiger partial charge in [0.2, 0.25) is 5.95 Å². The van der Waals surface area contributed by atoms with E-state index in [1.165, 1.54) is 38.5 Å². The lowest BCUT2D eigenvalue weighted by molar-refractivity contribution is 0.477. The summed E-state index contributed by atoms with van der Waals surface area (Å²) in [7, 11) is 0. The van der Waals surface area contributed by atoms with E-state index >= 15 is 0 Å². The van der Waals surface area contributed by atoms with E-state index < -0.39 is 0 Å². The molecule has 0 aliphatic heterocycles. The van der Waals surface area contributed by atoms with Gasteiger partial charge in [-0.05, 0) is 45.4 Å². The molecule has 1 heterocycles. The highest BCUT2D eigenvalue weighted by atomic mass is 15.2. The molecule has 2 aliphatic carbocycles. The van der Waals surface area contributed by atoms with Crippen molar-refractivity contribution in [2.75, 3.05) is 5.32 Å². The minimum absolute atomic E-state index is 0.566. The zero-order chi connectivity index (χ0) is 11.8. The van der Waals surface area contributed by atoms with E-state index in [2.05, 4.69) is 34.9 Å². The average molecular weight is 233 g/mol. The van der Waals surface area contributed by atoms with Gasteiger partial charge in [0.1, 0.15) is 0 Å². The Bertz CT molecular complexity index is 386. The highest BCUT2D eigenvalue weighted by molar-refractivity contribution is 5.32. The normalized spacial score (nSPS) is 22.9. The van der Waals surface area contributed by atoms with Crippen molar-refractivity contribution >= 4 is 5.95 Å². The van der Waals surface area contributed by atoms with Crippen molar-refractivity contribution in [2.45, 2.75) is 64.5 Å². The quantitative estimate of drug-likeness (QED) is 0.862. The highest BCUT2D eigenvalue weighted by Gasteiger charge is 2.28. The fourth-order valence-corrected chi connectivity index (χ4v) is 3.03. The third-order valence-corrected chi connectivity index (χ3v) is 4.26. The Morgan fingerprint density at radius 3 is 2.65 bits per heavy atom. The van der Waals surface area contributed by atoms with Crippen molar-refractivity contribution in [2.24, 2.45) is 5.92 Å². The Kier molecular flexibility index (Phi) is 2.85. The summed E-state index contributed by atoms with van der Waals surface area (Å²) in [5.74, 6) is 1.95. The third kappa shape index (κ3) is 2.33. The topological polar surface area (TPSA) is 29.9 Å². The first-order valence-corrected chi connectivity index (χ1v) is 7.06. The van der Waals surface area contributed by atoms with Gasteiger partial charge in [0.05, 0.1) is 5.69 Å². The SMILES string of the molecule is Cc1cn(C2CC2)c(NC(C)C2CCCC2)n1. The van der Waals surface area contributed by atoms with Crippen LogP contribution >= 0.6 is 0 Å². The summed E-state index contributed by atoms with van der Waals surface area (Å²) in [5, 5.41) is 3.65. The van der Waals surface area contributed by atoms with Crippen molar-refractivity contribution in [1.29, 1.82) is 0 Å². The molecule has 0 bridgehead atoms. The predicted molar refractivity (Wildman–Crippen MR) is 70.3 cm³/mol. The Balaban J connectivity index is 1.70. The maximum absolute atomic E-state index is 4.64. The lowest BCUT2D eigenvalue weighted by Crippen LogP contribution is -2.25. The number of imidazole rings is 1. The van der Waals surface area contributed by atoms with E-state index in [9.17, 15) is 0 Å². The lowest BCUT2D eigenvalue weighted by atomic mass is 10.0. The Morgan fingerprint density at radius 1 is 1.29 bits per heavy atom. The summed E-state index contributed by atoms with van der Waals surface area (Å²) in [6.45, 7) is 4.40. The molecule has 17 heavy (non-hydrogen) atoms. The maximum Gasteiger partial charge on any atom is 0.203 e. The second kappa shape index (κ2) is 4.35. The van der Waals surface area contributed by atoms with Crippen LogP contribution < -0.4 is 5.32 Å². The van der Waals surface area contributed by atoms with Crippen LogP contribution in [0.15, 0.2) is 6.20 Å². The van der Waals surface area contributed by atoms with Crippen LogP contribution in [0.2, 0.25) is 0 Å². The van der Waals surface area contributed by atoms with Gasteiger partial charge >= 0.3 is 0 Å². The number of nitrogens with one attached hydrogen (secondary N) is 1. The standard InChI is InChI=1S/C14H23N3/c1-10-9-17(13-7-8-13)14(15-10)16-11(2)12-5-3-4-6-12/h9,11-13H,3-8H2,1-2H3,(H,15,16). The van der Waals surface area contributed by atoms with Gasteiger partial charge in [0.15, 0.2) is 0 Å². The van der Waals surface area contributed by atoms with Crippen LogP contribution in [0.25, 0.3) is 0 Å². The molecule has 1 unspecified atom stereocenters. The second-order valence-electron chi connectivity index (χ2n) is 5.82. The van der Waals surface area contributed by atoms with Gasteiger partial charge in [-0.25, -0.2) is 4.98 Å². The maximum atomic E-state index is 4.64. The molecule has 1 aromatic rings. The smallest absolute Gasteiger partial charge is 0.203 e. The number of rotatable bonds is 4. The number of nitrogens with zero attached hydrogens (tertiary/aromatic N) is 2. The summed E-state index contributed by atoms with van der Waals surface area (Å²) in [4.78, 5) is 4.64. The van der Waals surface area contributed by atoms with Gasteiger partial charge in [-0.2, -0.15) is 0 Å². The molecule has 94 valence electrons. The van der Waals surface area contributed by atoms with Crippen molar-refractivity contribution in [1.82, 2.24) is 9.55 Å². The first-order chi connectivity index (χ1) is 8.24.